The lowest BCUT2D eigenvalue weighted by Crippen LogP contribution is -2.37. The van der Waals surface area contributed by atoms with Crippen molar-refractivity contribution < 1.29 is 4.74 Å². The van der Waals surface area contributed by atoms with Gasteiger partial charge < -0.3 is 24.8 Å². The molecule has 0 saturated carbocycles. The van der Waals surface area contributed by atoms with Gasteiger partial charge in [0.15, 0.2) is 5.65 Å². The average molecular weight is 424 g/mol. The summed E-state index contributed by atoms with van der Waals surface area (Å²) >= 11 is 0. The molecular formula is C21H29N9O. The van der Waals surface area contributed by atoms with Crippen LogP contribution in [0.1, 0.15) is 32.2 Å². The molecule has 2 N–H and O–H groups in total. The first kappa shape index (κ1) is 20.1. The smallest absolute Gasteiger partial charge is 0.228 e. The van der Waals surface area contributed by atoms with Gasteiger partial charge in [0.2, 0.25) is 11.9 Å². The summed E-state index contributed by atoms with van der Waals surface area (Å²) in [6, 6.07) is 0.390. The van der Waals surface area contributed by atoms with Crippen molar-refractivity contribution in [1.82, 2.24) is 34.4 Å². The summed E-state index contributed by atoms with van der Waals surface area (Å²) in [5.74, 6) is 0.944. The summed E-state index contributed by atoms with van der Waals surface area (Å²) in [5, 5.41) is 0. The Morgan fingerprint density at radius 1 is 1.03 bits per heavy atom. The number of likely N-dealkylation sites (tertiary alicyclic amines) is 1. The van der Waals surface area contributed by atoms with Crippen LogP contribution in [0.3, 0.4) is 0 Å². The number of nitrogens with zero attached hydrogens (tertiary/aromatic N) is 8. The van der Waals surface area contributed by atoms with Gasteiger partial charge >= 0.3 is 0 Å². The number of fused-ring (bicyclic) bond motifs is 1. The van der Waals surface area contributed by atoms with E-state index in [1.807, 2.05) is 6.33 Å². The van der Waals surface area contributed by atoms with Crippen LogP contribution < -0.4 is 10.6 Å². The van der Waals surface area contributed by atoms with E-state index in [0.717, 1.165) is 61.4 Å². The van der Waals surface area contributed by atoms with E-state index in [0.29, 0.717) is 25.2 Å². The lowest BCUT2D eigenvalue weighted by molar-refractivity contribution is 0.122. The van der Waals surface area contributed by atoms with Gasteiger partial charge in [0.25, 0.3) is 0 Å². The summed E-state index contributed by atoms with van der Waals surface area (Å²) in [6.07, 6.45) is 8.72. The van der Waals surface area contributed by atoms with E-state index in [9.17, 15) is 0 Å². The normalized spacial score (nSPS) is 18.7. The molecular weight excluding hydrogens is 394 g/mol. The fourth-order valence-corrected chi connectivity index (χ4v) is 4.48. The van der Waals surface area contributed by atoms with E-state index in [1.165, 1.54) is 13.0 Å². The Hall–Kier alpha value is -2.85. The molecule has 3 aromatic rings. The summed E-state index contributed by atoms with van der Waals surface area (Å²) in [7, 11) is 0. The van der Waals surface area contributed by atoms with Crippen LogP contribution in [0, 0.1) is 0 Å². The Kier molecular flexibility index (Phi) is 5.65. The zero-order valence-electron chi connectivity index (χ0n) is 17.9. The molecule has 10 heteroatoms. The van der Waals surface area contributed by atoms with Crippen molar-refractivity contribution in [3.8, 4) is 11.3 Å². The number of rotatable bonds is 5. The molecule has 31 heavy (non-hydrogen) atoms. The highest BCUT2D eigenvalue weighted by atomic mass is 16.5. The number of morpholine rings is 1. The van der Waals surface area contributed by atoms with Crippen molar-refractivity contribution in [2.75, 3.05) is 56.6 Å². The molecule has 0 amide bonds. The maximum Gasteiger partial charge on any atom is 0.228 e. The second-order valence-corrected chi connectivity index (χ2v) is 8.20. The van der Waals surface area contributed by atoms with Crippen molar-refractivity contribution in [2.24, 2.45) is 0 Å². The van der Waals surface area contributed by atoms with Gasteiger partial charge in [-0.25, -0.2) is 19.9 Å². The van der Waals surface area contributed by atoms with Crippen LogP contribution in [0.5, 0.6) is 0 Å². The molecule has 0 aromatic carbocycles. The quantitative estimate of drug-likeness (QED) is 0.656. The molecule has 5 heterocycles. The fraction of sp³-hybridized carbons (Fsp3) is 0.571. The van der Waals surface area contributed by atoms with Gasteiger partial charge in [-0.1, -0.05) is 6.92 Å². The van der Waals surface area contributed by atoms with Crippen molar-refractivity contribution in [1.29, 1.82) is 0 Å². The highest BCUT2D eigenvalue weighted by Gasteiger charge is 2.25. The molecule has 2 saturated heterocycles. The van der Waals surface area contributed by atoms with Crippen molar-refractivity contribution in [3.05, 3.63) is 18.7 Å². The standard InChI is InChI=1S/C21H29N9O/c1-2-5-28-6-3-16(4-7-28)30-14-25-18-17(15-12-23-20(22)24-13-15)26-21(27-19(18)30)29-8-10-31-11-9-29/h12-14,16H,2-11H2,1H3,(H2,22,23,24). The maximum absolute atomic E-state index is 5.70. The lowest BCUT2D eigenvalue weighted by atomic mass is 10.0. The molecule has 3 aromatic heterocycles. The molecule has 2 aliphatic rings. The summed E-state index contributed by atoms with van der Waals surface area (Å²) < 4.78 is 7.76. The van der Waals surface area contributed by atoms with Gasteiger partial charge in [0.05, 0.1) is 19.5 Å². The number of aromatic nitrogens is 6. The van der Waals surface area contributed by atoms with Crippen LogP contribution in [0.25, 0.3) is 22.4 Å². The minimum absolute atomic E-state index is 0.242. The number of imidazole rings is 1. The van der Waals surface area contributed by atoms with Gasteiger partial charge in [0.1, 0.15) is 11.2 Å². The third kappa shape index (κ3) is 4.05. The fourth-order valence-electron chi connectivity index (χ4n) is 4.48. The molecule has 0 aliphatic carbocycles. The number of ether oxygens (including phenoxy) is 1. The SMILES string of the molecule is CCCN1CCC(n2cnc3c(-c4cnc(N)nc4)nc(N4CCOCC4)nc32)CC1. The highest BCUT2D eigenvalue weighted by molar-refractivity contribution is 5.88. The van der Waals surface area contributed by atoms with Crippen LogP contribution >= 0.6 is 0 Å². The summed E-state index contributed by atoms with van der Waals surface area (Å²) in [5.41, 5.74) is 8.88. The zero-order valence-corrected chi connectivity index (χ0v) is 17.9. The molecule has 2 aliphatic heterocycles. The second kappa shape index (κ2) is 8.72. The molecule has 0 radical (unpaired) electrons. The Balaban J connectivity index is 1.55. The Morgan fingerprint density at radius 3 is 2.48 bits per heavy atom. The molecule has 10 nitrogen and oxygen atoms in total. The van der Waals surface area contributed by atoms with Crippen LogP contribution in [0.15, 0.2) is 18.7 Å². The predicted octanol–water partition coefficient (Wildman–Crippen LogP) is 1.75. The first-order valence-electron chi connectivity index (χ1n) is 11.1. The van der Waals surface area contributed by atoms with E-state index < -0.39 is 0 Å². The second-order valence-electron chi connectivity index (χ2n) is 8.20. The maximum atomic E-state index is 5.70. The third-order valence-electron chi connectivity index (χ3n) is 6.14. The van der Waals surface area contributed by atoms with Gasteiger partial charge in [0, 0.05) is 50.2 Å². The molecule has 5 rings (SSSR count). The number of piperidine rings is 1. The Labute approximate surface area is 181 Å². The molecule has 164 valence electrons. The highest BCUT2D eigenvalue weighted by Crippen LogP contribution is 2.31. The van der Waals surface area contributed by atoms with Crippen LogP contribution in [0.4, 0.5) is 11.9 Å². The third-order valence-corrected chi connectivity index (χ3v) is 6.14. The van der Waals surface area contributed by atoms with E-state index in [2.05, 4.69) is 31.3 Å². The van der Waals surface area contributed by atoms with Gasteiger partial charge in [-0.3, -0.25) is 0 Å². The van der Waals surface area contributed by atoms with Crippen LogP contribution in [0.2, 0.25) is 0 Å². The molecule has 0 atom stereocenters. The van der Waals surface area contributed by atoms with Crippen molar-refractivity contribution in [3.63, 3.8) is 0 Å². The Bertz CT molecular complexity index is 1020. The summed E-state index contributed by atoms with van der Waals surface area (Å²) in [4.78, 5) is 27.6. The van der Waals surface area contributed by atoms with E-state index in [1.54, 1.807) is 12.4 Å². The molecule has 2 fully saturated rings. The molecule has 0 spiro atoms. The van der Waals surface area contributed by atoms with Crippen molar-refractivity contribution >= 4 is 23.1 Å². The van der Waals surface area contributed by atoms with E-state index >= 15 is 0 Å². The summed E-state index contributed by atoms with van der Waals surface area (Å²) in [6.45, 7) is 8.52. The number of nitrogens with two attached hydrogens (primary N) is 1. The van der Waals surface area contributed by atoms with Crippen LogP contribution in [-0.2, 0) is 4.74 Å². The number of hydrogen-bond donors (Lipinski definition) is 1. The zero-order chi connectivity index (χ0) is 21.2. The first-order valence-corrected chi connectivity index (χ1v) is 11.1. The minimum atomic E-state index is 0.242. The minimum Gasteiger partial charge on any atom is -0.378 e. The number of anilines is 2. The van der Waals surface area contributed by atoms with Crippen LogP contribution in [-0.4, -0.2) is 80.3 Å². The van der Waals surface area contributed by atoms with Gasteiger partial charge in [-0.15, -0.1) is 0 Å². The predicted molar refractivity (Wildman–Crippen MR) is 119 cm³/mol. The molecule has 0 bridgehead atoms. The lowest BCUT2D eigenvalue weighted by Gasteiger charge is -2.32. The monoisotopic (exact) mass is 423 g/mol. The number of hydrogen-bond acceptors (Lipinski definition) is 9. The molecule has 0 unspecified atom stereocenters. The van der Waals surface area contributed by atoms with Gasteiger partial charge in [-0.2, -0.15) is 4.98 Å². The van der Waals surface area contributed by atoms with E-state index in [4.69, 9.17) is 25.4 Å². The topological polar surface area (TPSA) is 111 Å². The first-order chi connectivity index (χ1) is 15.2. The number of nitrogen functional groups attached to an aromatic ring is 1. The van der Waals surface area contributed by atoms with E-state index in [-0.39, 0.29) is 5.95 Å². The largest absolute Gasteiger partial charge is 0.378 e. The Morgan fingerprint density at radius 2 is 1.77 bits per heavy atom. The average Bonchev–Trinajstić information content (AvgIpc) is 3.24. The van der Waals surface area contributed by atoms with Crippen molar-refractivity contribution in [2.45, 2.75) is 32.2 Å². The van der Waals surface area contributed by atoms with Gasteiger partial charge in [-0.05, 0) is 25.8 Å².